The number of amides is 7. The van der Waals surface area contributed by atoms with Crippen LogP contribution in [0.4, 0.5) is 0 Å². The first kappa shape index (κ1) is 63.7. The summed E-state index contributed by atoms with van der Waals surface area (Å²) in [5.41, 5.74) is 0.807. The van der Waals surface area contributed by atoms with Gasteiger partial charge in [0.25, 0.3) is 0 Å². The van der Waals surface area contributed by atoms with Crippen molar-refractivity contribution in [2.24, 2.45) is 5.92 Å². The van der Waals surface area contributed by atoms with E-state index in [-0.39, 0.29) is 59.3 Å². The number of aliphatic carboxylic acids is 1. The lowest BCUT2D eigenvalue weighted by molar-refractivity contribution is -0.149. The molecule has 76 heavy (non-hydrogen) atoms. The number of carboxylic acids is 1. The third-order valence-electron chi connectivity index (χ3n) is 14.2. The molecule has 1 aliphatic heterocycles. The Balaban J connectivity index is 1.66. The van der Waals surface area contributed by atoms with E-state index in [0.717, 1.165) is 35.5 Å². The number of aromatic hydroxyl groups is 2. The average Bonchev–Trinajstić information content (AvgIpc) is 3.88. The van der Waals surface area contributed by atoms with E-state index < -0.39 is 96.7 Å². The number of aliphatic hydroxyl groups excluding tert-OH is 1. The van der Waals surface area contributed by atoms with Crippen molar-refractivity contribution in [1.29, 1.82) is 0 Å². The van der Waals surface area contributed by atoms with Crippen LogP contribution in [0, 0.1) is 5.92 Å². The number of phenols is 2. The largest absolute Gasteiger partial charge is 0.507 e. The van der Waals surface area contributed by atoms with Gasteiger partial charge in [-0.3, -0.25) is 38.4 Å². The van der Waals surface area contributed by atoms with E-state index in [2.05, 4.69) is 28.2 Å². The fourth-order valence-corrected chi connectivity index (χ4v) is 9.19. The first-order chi connectivity index (χ1) is 36.0. The molecule has 0 spiro atoms. The number of hydrogen-bond donors (Lipinski definition) is 8. The number of carboxylic acid groups (broad SMARTS) is 1. The summed E-state index contributed by atoms with van der Waals surface area (Å²) in [6.45, 7) is 8.34. The molecule has 0 aliphatic carbocycles. The molecule has 1 heterocycles. The topological polar surface area (TPSA) is 292 Å². The van der Waals surface area contributed by atoms with Crippen molar-refractivity contribution in [3.8, 4) is 22.6 Å². The van der Waals surface area contributed by atoms with Crippen LogP contribution in [0.5, 0.6) is 11.5 Å². The molecule has 20 nitrogen and oxygen atoms in total. The van der Waals surface area contributed by atoms with Crippen molar-refractivity contribution in [2.75, 3.05) is 33.8 Å². The van der Waals surface area contributed by atoms with Gasteiger partial charge < -0.3 is 56.4 Å². The van der Waals surface area contributed by atoms with E-state index in [1.165, 1.54) is 128 Å². The summed E-state index contributed by atoms with van der Waals surface area (Å²) >= 11 is 0. The van der Waals surface area contributed by atoms with Crippen molar-refractivity contribution in [2.45, 2.75) is 187 Å². The van der Waals surface area contributed by atoms with Gasteiger partial charge in [-0.2, -0.15) is 0 Å². The van der Waals surface area contributed by atoms with E-state index in [1.807, 2.05) is 0 Å². The molecule has 7 atom stereocenters. The molecule has 7 amide bonds. The van der Waals surface area contributed by atoms with Crippen LogP contribution in [-0.4, -0.2) is 152 Å². The number of benzene rings is 2. The number of carbonyl (C=O) groups excluding carboxylic acids is 8. The number of phenolic OH excluding ortho intramolecular Hbond substituents is 2. The molecular weight excluding hydrogens is 979 g/mol. The first-order valence-corrected chi connectivity index (χ1v) is 27.0. The van der Waals surface area contributed by atoms with Gasteiger partial charge in [-0.1, -0.05) is 103 Å². The highest BCUT2D eigenvalue weighted by Crippen LogP contribution is 2.39. The molecule has 0 aromatic heterocycles. The summed E-state index contributed by atoms with van der Waals surface area (Å²) in [6.07, 6.45) is 16.2. The fraction of sp³-hybridized carbons (Fsp3) is 0.625. The third-order valence-corrected chi connectivity index (χ3v) is 14.2. The highest BCUT2D eigenvalue weighted by Gasteiger charge is 2.37. The van der Waals surface area contributed by atoms with Crippen LogP contribution in [0.1, 0.15) is 161 Å². The van der Waals surface area contributed by atoms with Gasteiger partial charge in [-0.25, -0.2) is 4.79 Å². The minimum atomic E-state index is -1.47. The second-order valence-electron chi connectivity index (χ2n) is 20.4. The molecule has 0 radical (unpaired) electrons. The van der Waals surface area contributed by atoms with E-state index >= 15 is 0 Å². The van der Waals surface area contributed by atoms with E-state index in [9.17, 15) is 63.6 Å². The number of nitrogens with one attached hydrogen (secondary N) is 4. The van der Waals surface area contributed by atoms with Crippen molar-refractivity contribution >= 4 is 53.1 Å². The molecule has 8 N–H and O–H groups in total. The molecule has 2 aromatic carbocycles. The van der Waals surface area contributed by atoms with Crippen LogP contribution in [0.2, 0.25) is 0 Å². The number of Topliss-reactive ketones (excluding diaryl/α,β-unsaturated/α-hetero) is 1. The summed E-state index contributed by atoms with van der Waals surface area (Å²) in [5, 5.41) is 52.0. The average molecular weight is 1060 g/mol. The van der Waals surface area contributed by atoms with Gasteiger partial charge in [0.15, 0.2) is 5.78 Å². The zero-order valence-electron chi connectivity index (χ0n) is 46.0. The number of aliphatic hydroxyl groups is 1. The van der Waals surface area contributed by atoms with Gasteiger partial charge in [-0.15, -0.1) is 0 Å². The fourth-order valence-electron chi connectivity index (χ4n) is 9.19. The number of nitrogens with zero attached hydrogens (tertiary/aromatic N) is 3. The molecule has 0 saturated carbocycles. The Bertz CT molecular complexity index is 2310. The van der Waals surface area contributed by atoms with Crippen molar-refractivity contribution in [1.82, 2.24) is 36.0 Å². The quantitative estimate of drug-likeness (QED) is 0.0436. The number of rotatable bonds is 33. The Morgan fingerprint density at radius 1 is 0.658 bits per heavy atom. The highest BCUT2D eigenvalue weighted by atomic mass is 16.4. The Labute approximate surface area is 448 Å². The van der Waals surface area contributed by atoms with Crippen LogP contribution >= 0.6 is 0 Å². The highest BCUT2D eigenvalue weighted by molar-refractivity contribution is 5.96. The number of likely N-dealkylation sites (N-methyl/N-ethyl adjacent to an activating group) is 2. The Morgan fingerprint density at radius 2 is 1.20 bits per heavy atom. The molecule has 1 unspecified atom stereocenters. The molecule has 1 aliphatic rings. The van der Waals surface area contributed by atoms with Crippen molar-refractivity contribution in [3.05, 3.63) is 47.5 Å². The van der Waals surface area contributed by atoms with Gasteiger partial charge in [0.1, 0.15) is 41.7 Å². The maximum atomic E-state index is 14.0. The number of likely N-dealkylation sites (tertiary alicyclic amines) is 1. The monoisotopic (exact) mass is 1060 g/mol. The van der Waals surface area contributed by atoms with Gasteiger partial charge in [0, 0.05) is 44.1 Å². The summed E-state index contributed by atoms with van der Waals surface area (Å²) in [6, 6.07) is 1.58. The maximum Gasteiger partial charge on any atom is 0.326 e. The minimum Gasteiger partial charge on any atom is -0.507 e. The minimum absolute atomic E-state index is 0.0380. The third kappa shape index (κ3) is 19.5. The second kappa shape index (κ2) is 32.1. The SMILES string of the molecule is CCCCCCCCCCCCCCCC(=O)N(C)[C@H](CO)C(=O)N[C@H](C)C(=O)NCC(=O)N(C)[C@H](C(=O)N[C@@H](C)C(C)=O)c1ccc(O)c(-c2cc(C[C@H](C)C(=O)N[C@@H](C)C(=O)N3CCCC3C(=O)O)ccc2O)c1. The normalized spacial score (nSPS) is 15.5. The van der Waals surface area contributed by atoms with E-state index in [0.29, 0.717) is 24.8 Å². The second-order valence-corrected chi connectivity index (χ2v) is 20.4. The molecule has 20 heteroatoms. The molecule has 2 aromatic rings. The van der Waals surface area contributed by atoms with Crippen molar-refractivity contribution in [3.63, 3.8) is 0 Å². The zero-order chi connectivity index (χ0) is 56.6. The smallest absolute Gasteiger partial charge is 0.326 e. The lowest BCUT2D eigenvalue weighted by Gasteiger charge is -2.29. The predicted molar refractivity (Wildman–Crippen MR) is 286 cm³/mol. The van der Waals surface area contributed by atoms with Gasteiger partial charge in [0.05, 0.1) is 19.2 Å². The standard InChI is InChI=1S/C56H85N7O13/c1-9-10-11-12-13-14-15-16-17-18-19-20-21-24-48(68)61(7)45(34-64)53(72)59-37(4)52(71)57-33-49(69)62(8)50(54(73)58-36(3)39(6)65)41-26-28-47(67)43(32-41)42-31-40(25-27-46(42)66)30-35(2)51(70)60-38(5)55(74)63-29-22-23-44(63)56(75)76/h25-28,31-32,35-38,44-45,50,64,66-67H,9-24,29-30,33-34H2,1-8H3,(H,57,71)(H,58,73)(H,59,72)(H,60,70)(H,75,76)/t35-,36-,37+,38-,44?,45+,50-/m0/s1. The Kier molecular flexibility index (Phi) is 26.9. The van der Waals surface area contributed by atoms with Crippen LogP contribution < -0.4 is 21.3 Å². The molecule has 1 fully saturated rings. The zero-order valence-corrected chi connectivity index (χ0v) is 46.0. The molecular formula is C56H85N7O13. The lowest BCUT2D eigenvalue weighted by atomic mass is 9.93. The maximum absolute atomic E-state index is 14.0. The van der Waals surface area contributed by atoms with Crippen LogP contribution in [0.3, 0.4) is 0 Å². The van der Waals surface area contributed by atoms with Crippen LogP contribution in [0.15, 0.2) is 36.4 Å². The molecule has 422 valence electrons. The molecule has 1 saturated heterocycles. The predicted octanol–water partition coefficient (Wildman–Crippen LogP) is 5.04. The Hall–Kier alpha value is -6.57. The van der Waals surface area contributed by atoms with E-state index in [4.69, 9.17) is 0 Å². The van der Waals surface area contributed by atoms with Gasteiger partial charge >= 0.3 is 5.97 Å². The molecule has 3 rings (SSSR count). The van der Waals surface area contributed by atoms with Gasteiger partial charge in [0.2, 0.25) is 41.4 Å². The first-order valence-electron chi connectivity index (χ1n) is 27.0. The van der Waals surface area contributed by atoms with Crippen molar-refractivity contribution < 1.29 is 63.6 Å². The number of ketones is 1. The molecule has 0 bridgehead atoms. The lowest BCUT2D eigenvalue weighted by Crippen LogP contribution is -2.55. The summed E-state index contributed by atoms with van der Waals surface area (Å²) < 4.78 is 0. The van der Waals surface area contributed by atoms with E-state index in [1.54, 1.807) is 13.0 Å². The number of hydrogen-bond acceptors (Lipinski definition) is 12. The summed E-state index contributed by atoms with van der Waals surface area (Å²) in [4.78, 5) is 121. The summed E-state index contributed by atoms with van der Waals surface area (Å²) in [7, 11) is 2.71. The number of unbranched alkanes of at least 4 members (excludes halogenated alkanes) is 12. The summed E-state index contributed by atoms with van der Waals surface area (Å²) in [5.74, 6) is -7.25. The Morgan fingerprint density at radius 3 is 1.76 bits per heavy atom. The number of carbonyl (C=O) groups is 9. The van der Waals surface area contributed by atoms with Gasteiger partial charge in [-0.05, 0) is 88.8 Å². The van der Waals surface area contributed by atoms with Crippen LogP contribution in [-0.2, 0) is 49.6 Å². The van der Waals surface area contributed by atoms with Crippen LogP contribution in [0.25, 0.3) is 11.1 Å².